The zero-order valence-corrected chi connectivity index (χ0v) is 74.1. The number of hydrogen-bond donors (Lipinski definition) is 0. The molecular formula is C148H96. The van der Waals surface area contributed by atoms with Gasteiger partial charge in [0.2, 0.25) is 0 Å². The van der Waals surface area contributed by atoms with E-state index in [1.807, 2.05) is 0 Å². The number of benzene rings is 30. The summed E-state index contributed by atoms with van der Waals surface area (Å²) < 4.78 is 839. The van der Waals surface area contributed by atoms with Gasteiger partial charge in [-0.25, -0.2) is 0 Å². The van der Waals surface area contributed by atoms with Crippen LogP contribution >= 0.6 is 0 Å². The van der Waals surface area contributed by atoms with Crippen molar-refractivity contribution in [2.75, 3.05) is 0 Å². The molecule has 0 nitrogen and oxygen atoms in total. The summed E-state index contributed by atoms with van der Waals surface area (Å²) in [5.41, 5.74) is -13.5. The van der Waals surface area contributed by atoms with E-state index in [2.05, 4.69) is 0 Å². The predicted molar refractivity (Wildman–Crippen MR) is 640 cm³/mol. The van der Waals surface area contributed by atoms with Gasteiger partial charge in [0, 0.05) is 0 Å². The fourth-order valence-corrected chi connectivity index (χ4v) is 17.6. The Kier molecular flexibility index (Phi) is 8.63. The molecule has 0 unspecified atom stereocenters. The van der Waals surface area contributed by atoms with Crippen molar-refractivity contribution in [3.05, 3.63) is 580 Å². The number of rotatable bonds is 10. The molecule has 0 bridgehead atoms. The van der Waals surface area contributed by atoms with Gasteiger partial charge in [0.05, 0.1) is 130 Å². The minimum absolute atomic E-state index is 0.465. The maximum Gasteiger partial charge on any atom is 0.0636 e. The van der Waals surface area contributed by atoms with Crippen LogP contribution in [0.5, 0.6) is 0 Å². The second-order valence-corrected chi connectivity index (χ2v) is 31.6. The molecule has 0 spiro atoms. The molecule has 0 heteroatoms. The highest BCUT2D eigenvalue weighted by molar-refractivity contribution is 6.31. The molecule has 0 heterocycles. The first-order valence-corrected chi connectivity index (χ1v) is 43.6. The lowest BCUT2D eigenvalue weighted by Gasteiger charge is -2.20. The maximum atomic E-state index is 9.60. The average Bonchev–Trinajstić information content (AvgIpc) is 0.674. The molecule has 688 valence electrons. The first-order chi connectivity index (χ1) is 113. The van der Waals surface area contributed by atoms with Crippen LogP contribution in [0.4, 0.5) is 0 Å². The zero-order valence-electron chi connectivity index (χ0n) is 169. The standard InChI is InChI=1S/2C38H24.2C36H24/c1-4-14-30-25(10-1)12-9-19-32(30)38-35-17-7-5-15-33(35)37(34-16-6-8-18-36(34)38)28-22-23-31-27(24-28)21-20-26-11-2-3-13-29(26)31;1-3-15-28-25(11-1)13-9-21-30(28)37-31-17-5-7-19-33(31)38(34-20-8-6-18-32(34)37)35-22-10-14-27-24-23-26-12-2-4-16-29(26)36(27)35;1-2-12-25(13-3-1)27-16-10-17-28(24-27)35-31-19-6-8-21-33(31)36(34-22-9-7-20-32(34)35)30-23-11-15-26-14-4-5-18-29(26)30;1-2-11-25(12-3-1)26-21-23-28(24-22-26)35-31-16-6-8-18-33(31)36(34-19-9-7-17-32(34)35)30-20-10-14-27-13-4-5-15-29(27)30/h2*1-24H;2*1-24H/i2*1D,2D,3D,4D,5D,6D,7D,8D,9D,10D,11D,12D,13D,14D,15D,16D,17D,18D,19D,20D,21D,22D,23D,24D;1D,2D,3D,4D,5D,6D,7D,8D,9D,10D,11D,12D,14D,15D,16D,17D,18D,19D,20D,21D,22D,23D,24D;1D,2D,3D,4D,5D,6D,7D,8D,9D,10D,11D,12D,13D,14D,15D,16D,17D,18D,19D,20D,21D,22D,23D,24D. The number of fused-ring (bicyclic) bond motifs is 18. The molecule has 0 atom stereocenters. The summed E-state index contributed by atoms with van der Waals surface area (Å²) in [5, 5.41) is -20.0. The first-order valence-electron chi connectivity index (χ1n) is 91.1. The molecule has 0 aliphatic carbocycles. The first kappa shape index (κ1) is 33.7. The average molecular weight is 1970 g/mol. The van der Waals surface area contributed by atoms with Crippen molar-refractivity contribution in [3.63, 3.8) is 0 Å². The monoisotopic (exact) mass is 1970 g/mol. The lowest BCUT2D eigenvalue weighted by Crippen LogP contribution is -1.92. The molecule has 0 saturated carbocycles. The molecule has 0 amide bonds. The summed E-state index contributed by atoms with van der Waals surface area (Å²) in [6.07, 6.45) is 0. The van der Waals surface area contributed by atoms with Crippen molar-refractivity contribution in [2.45, 2.75) is 0 Å². The highest BCUT2D eigenvalue weighted by atomic mass is 14.3. The largest absolute Gasteiger partial charge is 0.0636 e. The lowest BCUT2D eigenvalue weighted by atomic mass is 9.83. The summed E-state index contributed by atoms with van der Waals surface area (Å²) in [7, 11) is 0. The summed E-state index contributed by atoms with van der Waals surface area (Å²) in [6.45, 7) is 0. The van der Waals surface area contributed by atoms with E-state index < -0.39 is 858 Å². The third kappa shape index (κ3) is 15.5. The van der Waals surface area contributed by atoms with Crippen LogP contribution in [-0.4, -0.2) is 0 Å². The zero-order chi connectivity index (χ0) is 181. The molecule has 0 fully saturated rings. The van der Waals surface area contributed by atoms with Crippen molar-refractivity contribution >= 4 is 172 Å². The molecule has 0 radical (unpaired) electrons. The van der Waals surface area contributed by atoms with Crippen molar-refractivity contribution in [2.24, 2.45) is 0 Å². The highest BCUT2D eigenvalue weighted by Crippen LogP contribution is 2.53. The maximum absolute atomic E-state index is 9.60. The van der Waals surface area contributed by atoms with E-state index in [-0.39, 0.29) is 0 Å². The Balaban J connectivity index is 0.000000142. The van der Waals surface area contributed by atoms with Gasteiger partial charge in [-0.1, -0.05) is 568 Å². The molecule has 30 rings (SSSR count). The van der Waals surface area contributed by atoms with E-state index in [1.165, 1.54) is 0 Å². The third-order valence-electron chi connectivity index (χ3n) is 23.8. The smallest absolute Gasteiger partial charge is 0.0622 e. The Labute approximate surface area is 993 Å². The van der Waals surface area contributed by atoms with Crippen molar-refractivity contribution in [1.29, 1.82) is 0 Å². The van der Waals surface area contributed by atoms with Crippen LogP contribution in [0.15, 0.2) is 580 Å². The van der Waals surface area contributed by atoms with Gasteiger partial charge in [-0.2, -0.15) is 0 Å². The van der Waals surface area contributed by atoms with Gasteiger partial charge < -0.3 is 0 Å². The summed E-state index contributed by atoms with van der Waals surface area (Å²) >= 11 is 0. The Morgan fingerprint density at radius 3 is 0.682 bits per heavy atom. The van der Waals surface area contributed by atoms with Gasteiger partial charge >= 0.3 is 0 Å². The highest BCUT2D eigenvalue weighted by Gasteiger charge is 2.26. The van der Waals surface area contributed by atoms with Crippen molar-refractivity contribution in [3.8, 4) is 111 Å². The van der Waals surface area contributed by atoms with Crippen LogP contribution in [-0.2, 0) is 0 Å². The van der Waals surface area contributed by atoms with Gasteiger partial charge in [-0.05, 0) is 296 Å². The topological polar surface area (TPSA) is 0 Å². The molecule has 0 saturated heterocycles. The van der Waals surface area contributed by atoms with Crippen LogP contribution in [0, 0.1) is 0 Å². The van der Waals surface area contributed by atoms with Crippen molar-refractivity contribution < 1.29 is 130 Å². The van der Waals surface area contributed by atoms with Crippen LogP contribution in [0.1, 0.15) is 130 Å². The van der Waals surface area contributed by atoms with Gasteiger partial charge in [-0.15, -0.1) is 0 Å². The Morgan fingerprint density at radius 1 is 0.0946 bits per heavy atom. The second kappa shape index (κ2) is 37.9. The van der Waals surface area contributed by atoms with E-state index >= 15 is 0 Å². The Bertz CT molecular complexity index is 16400. The molecule has 30 aromatic carbocycles. The van der Waals surface area contributed by atoms with E-state index in [9.17, 15) is 34.3 Å². The molecule has 30 aromatic rings. The molecule has 148 heavy (non-hydrogen) atoms. The third-order valence-corrected chi connectivity index (χ3v) is 23.8. The van der Waals surface area contributed by atoms with E-state index in [0.717, 1.165) is 6.07 Å². The minimum atomic E-state index is -1.03. The quantitative estimate of drug-likeness (QED) is 0.0946. The predicted octanol–water partition coefficient (Wildman–Crippen LogP) is 41.9. The molecule has 0 aromatic heterocycles. The van der Waals surface area contributed by atoms with Crippen LogP contribution in [0.25, 0.3) is 284 Å². The van der Waals surface area contributed by atoms with Crippen LogP contribution < -0.4 is 0 Å². The van der Waals surface area contributed by atoms with Crippen LogP contribution in [0.2, 0.25) is 0 Å². The molecule has 0 aliphatic heterocycles. The molecular weight excluding hydrogens is 1780 g/mol. The SMILES string of the molecule is [2H]c1c([2H])c([2H])c(-c2c([2H])c([2H])c(-c3c4c([2H])c([2H])c([2H])c([2H])c4c(-c4c([2H])c([2H])c([2H])c5c([2H])c([2H])c([2H])c([2H])c45)c4c([2H])c([2H])c([2H])c([2H])c34)c([2H])c2[2H])c([2H])c1[2H].[2H]c1c([2H])c([2H])c2c(-c3c4c([2H])c([2H])c([2H])c([2H])c4c(-c4c([2H])c([2H])c([2H])c5c([2H])c([2H])c6c([2H])c([2H])c([2H])c([2H])c6c45)c4c([2H])c([2H])c([2H])c([2H])c34)c([2H])c([2H])c([2H])c2c1[2H].[2H]c1c([2H])c([2H])c2c(-c3c4c([2H])c([2H])c([2H])c([2H])c4c(-c4c([2H])c([2H])c5c(c4[2H])c([2H])c([2H])c4c([2H])c([2H])c([2H])c([2H])c45)c4c([2H])c([2H])c([2H])c([2H])c34)c([2H])c([2H])c([2H])c2c1[2H].[2H]c1cc(-c2c([2H])c([2H])c([2H])c(-c3c4c([2H])c([2H])c([2H])c([2H])c4c(-c4c([2H])c([2H])c([2H])c5c([2H])c([2H])c([2H])c([2H])c45)c4c([2H])c([2H])c([2H])c([2H])c34)c2[2H])c([2H])c([2H])c1[2H]. The lowest BCUT2D eigenvalue weighted by molar-refractivity contribution is 1.61. The van der Waals surface area contributed by atoms with Crippen LogP contribution in [0.3, 0.4) is 0 Å². The van der Waals surface area contributed by atoms with E-state index in [0.29, 0.717) is 0 Å². The summed E-state index contributed by atoms with van der Waals surface area (Å²) in [5.74, 6) is 0. The van der Waals surface area contributed by atoms with Gasteiger partial charge in [0.15, 0.2) is 0 Å². The Morgan fingerprint density at radius 2 is 0.304 bits per heavy atom. The molecule has 0 N–H and O–H groups in total. The van der Waals surface area contributed by atoms with Gasteiger partial charge in [-0.3, -0.25) is 0 Å². The normalized spacial score (nSPS) is 20.5. The Hall–Kier alpha value is -19.2. The summed E-state index contributed by atoms with van der Waals surface area (Å²) in [6, 6.07) is -83.5. The van der Waals surface area contributed by atoms with Gasteiger partial charge in [0.25, 0.3) is 0 Å². The van der Waals surface area contributed by atoms with Gasteiger partial charge in [0.1, 0.15) is 0 Å². The van der Waals surface area contributed by atoms with Crippen molar-refractivity contribution in [1.82, 2.24) is 0 Å². The fourth-order valence-electron chi connectivity index (χ4n) is 17.6. The minimum Gasteiger partial charge on any atom is -0.0622 e. The second-order valence-electron chi connectivity index (χ2n) is 31.6. The summed E-state index contributed by atoms with van der Waals surface area (Å²) in [4.78, 5) is 0. The van der Waals surface area contributed by atoms with E-state index in [4.69, 9.17) is 96.0 Å². The molecule has 0 aliphatic rings. The number of hydrogen-bond acceptors (Lipinski definition) is 0. The van der Waals surface area contributed by atoms with E-state index in [1.54, 1.807) is 0 Å². The fraction of sp³-hybridized carbons (Fsp3) is 0.